The van der Waals surface area contributed by atoms with Gasteiger partial charge in [-0.05, 0) is 81.4 Å². The highest BCUT2D eigenvalue weighted by atomic mass is 32.2. The quantitative estimate of drug-likeness (QED) is 0.625. The predicted molar refractivity (Wildman–Crippen MR) is 133 cm³/mol. The van der Waals surface area contributed by atoms with Crippen LogP contribution in [-0.2, 0) is 14.8 Å². The topological polar surface area (TPSA) is 90.0 Å². The summed E-state index contributed by atoms with van der Waals surface area (Å²) < 4.78 is 27.2. The lowest BCUT2D eigenvalue weighted by Crippen LogP contribution is -2.46. The number of piperidine rings is 2. The summed E-state index contributed by atoms with van der Waals surface area (Å²) in [7, 11) is -3.48. The SMILES string of the molecule is CC(C(=O)Nc1ccc(S(=O)(=O)N2CCCCC2)cc1)N1CCC(C(O)c2ccccc2)CC1. The summed E-state index contributed by atoms with van der Waals surface area (Å²) >= 11 is 0. The Morgan fingerprint density at radius 3 is 2.18 bits per heavy atom. The largest absolute Gasteiger partial charge is 0.388 e. The fraction of sp³-hybridized carbons (Fsp3) is 0.500. The minimum Gasteiger partial charge on any atom is -0.388 e. The number of hydrogen-bond acceptors (Lipinski definition) is 5. The molecule has 2 fully saturated rings. The molecule has 2 aromatic rings. The van der Waals surface area contributed by atoms with Crippen molar-refractivity contribution in [1.82, 2.24) is 9.21 Å². The summed E-state index contributed by atoms with van der Waals surface area (Å²) in [4.78, 5) is 15.3. The van der Waals surface area contributed by atoms with Crippen LogP contribution in [0.1, 0.15) is 50.7 Å². The van der Waals surface area contributed by atoms with Crippen LogP contribution in [0.5, 0.6) is 0 Å². The zero-order valence-electron chi connectivity index (χ0n) is 19.8. The van der Waals surface area contributed by atoms with E-state index in [0.29, 0.717) is 18.8 Å². The van der Waals surface area contributed by atoms with Gasteiger partial charge in [-0.1, -0.05) is 36.8 Å². The molecule has 2 atom stereocenters. The molecule has 0 spiro atoms. The molecule has 2 heterocycles. The third kappa shape index (κ3) is 5.68. The monoisotopic (exact) mass is 485 g/mol. The van der Waals surface area contributed by atoms with Crippen LogP contribution in [0.25, 0.3) is 0 Å². The lowest BCUT2D eigenvalue weighted by atomic mass is 9.87. The van der Waals surface area contributed by atoms with E-state index in [0.717, 1.165) is 50.8 Å². The average molecular weight is 486 g/mol. The van der Waals surface area contributed by atoms with Crippen molar-refractivity contribution in [2.45, 2.75) is 56.1 Å². The average Bonchev–Trinajstić information content (AvgIpc) is 2.89. The molecule has 2 unspecified atom stereocenters. The van der Waals surface area contributed by atoms with E-state index in [-0.39, 0.29) is 22.8 Å². The Morgan fingerprint density at radius 2 is 1.56 bits per heavy atom. The first-order valence-corrected chi connectivity index (χ1v) is 13.7. The maximum atomic E-state index is 12.8. The van der Waals surface area contributed by atoms with Crippen LogP contribution >= 0.6 is 0 Å². The van der Waals surface area contributed by atoms with Gasteiger partial charge in [0.05, 0.1) is 17.0 Å². The first-order valence-electron chi connectivity index (χ1n) is 12.2. The number of hydrogen-bond donors (Lipinski definition) is 2. The van der Waals surface area contributed by atoms with Crippen molar-refractivity contribution in [3.05, 3.63) is 60.2 Å². The van der Waals surface area contributed by atoms with Crippen LogP contribution in [0.3, 0.4) is 0 Å². The zero-order valence-corrected chi connectivity index (χ0v) is 20.6. The summed E-state index contributed by atoms with van der Waals surface area (Å²) in [5, 5.41) is 13.6. The summed E-state index contributed by atoms with van der Waals surface area (Å²) in [6, 6.07) is 15.9. The molecule has 4 rings (SSSR count). The Kier molecular flexibility index (Phi) is 8.03. The zero-order chi connectivity index (χ0) is 24.1. The van der Waals surface area contributed by atoms with Crippen molar-refractivity contribution in [1.29, 1.82) is 0 Å². The standard InChI is InChI=1S/C26H35N3O4S/c1-20(28-18-14-22(15-19-28)25(30)21-8-4-2-5-9-21)26(31)27-23-10-12-24(13-11-23)34(32,33)29-16-6-3-7-17-29/h2,4-5,8-13,20,22,25,30H,3,6-7,14-19H2,1H3,(H,27,31). The molecule has 1 amide bonds. The number of aliphatic hydroxyl groups is 1. The molecular formula is C26H35N3O4S. The highest BCUT2D eigenvalue weighted by Gasteiger charge is 2.30. The second kappa shape index (κ2) is 11.0. The summed E-state index contributed by atoms with van der Waals surface area (Å²) in [6.45, 7) is 4.51. The molecule has 34 heavy (non-hydrogen) atoms. The van der Waals surface area contributed by atoms with E-state index in [1.807, 2.05) is 37.3 Å². The van der Waals surface area contributed by atoms with Crippen LogP contribution in [-0.4, -0.2) is 60.9 Å². The number of nitrogens with zero attached hydrogens (tertiary/aromatic N) is 2. The number of amides is 1. The number of sulfonamides is 1. The Bertz CT molecular complexity index is 1050. The molecule has 2 aliphatic heterocycles. The van der Waals surface area contributed by atoms with Gasteiger partial charge in [0.1, 0.15) is 0 Å². The number of aliphatic hydroxyl groups excluding tert-OH is 1. The van der Waals surface area contributed by atoms with Crippen molar-refractivity contribution in [2.24, 2.45) is 5.92 Å². The highest BCUT2D eigenvalue weighted by Crippen LogP contribution is 2.31. The van der Waals surface area contributed by atoms with Crippen LogP contribution < -0.4 is 5.32 Å². The number of rotatable bonds is 7. The summed E-state index contributed by atoms with van der Waals surface area (Å²) in [5.41, 5.74) is 1.53. The minimum atomic E-state index is -3.48. The van der Waals surface area contributed by atoms with Gasteiger partial charge in [-0.3, -0.25) is 9.69 Å². The fourth-order valence-corrected chi connectivity index (χ4v) is 6.44. The first-order chi connectivity index (χ1) is 16.4. The van der Waals surface area contributed by atoms with Gasteiger partial charge in [0.2, 0.25) is 15.9 Å². The Balaban J connectivity index is 1.30. The van der Waals surface area contributed by atoms with Crippen molar-refractivity contribution in [3.8, 4) is 0 Å². The maximum Gasteiger partial charge on any atom is 0.243 e. The van der Waals surface area contributed by atoms with Gasteiger partial charge < -0.3 is 10.4 Å². The predicted octanol–water partition coefficient (Wildman–Crippen LogP) is 3.63. The van der Waals surface area contributed by atoms with E-state index in [2.05, 4.69) is 10.2 Å². The van der Waals surface area contributed by atoms with Gasteiger partial charge in [0.25, 0.3) is 0 Å². The molecule has 8 heteroatoms. The second-order valence-corrected chi connectivity index (χ2v) is 11.3. The van der Waals surface area contributed by atoms with Gasteiger partial charge in [-0.25, -0.2) is 8.42 Å². The van der Waals surface area contributed by atoms with Crippen LogP contribution in [0.15, 0.2) is 59.5 Å². The van der Waals surface area contributed by atoms with Gasteiger partial charge in [0, 0.05) is 18.8 Å². The molecule has 0 bridgehead atoms. The first kappa shape index (κ1) is 24.9. The molecule has 0 radical (unpaired) electrons. The maximum absolute atomic E-state index is 12.8. The Labute approximate surface area is 202 Å². The third-order valence-electron chi connectivity index (χ3n) is 7.16. The van der Waals surface area contributed by atoms with E-state index in [9.17, 15) is 18.3 Å². The van der Waals surface area contributed by atoms with Crippen molar-refractivity contribution in [3.63, 3.8) is 0 Å². The molecule has 0 aromatic heterocycles. The lowest BCUT2D eigenvalue weighted by Gasteiger charge is -2.37. The van der Waals surface area contributed by atoms with Crippen molar-refractivity contribution < 1.29 is 18.3 Å². The van der Waals surface area contributed by atoms with E-state index in [1.54, 1.807) is 28.6 Å². The molecule has 184 valence electrons. The molecule has 2 N–H and O–H groups in total. The van der Waals surface area contributed by atoms with Crippen LogP contribution in [0.4, 0.5) is 5.69 Å². The number of carbonyl (C=O) groups excluding carboxylic acids is 1. The number of carbonyl (C=O) groups is 1. The van der Waals surface area contributed by atoms with E-state index < -0.39 is 16.1 Å². The fourth-order valence-electron chi connectivity index (χ4n) is 4.92. The number of benzene rings is 2. The van der Waals surface area contributed by atoms with Gasteiger partial charge in [0.15, 0.2) is 0 Å². The number of likely N-dealkylation sites (tertiary alicyclic amines) is 1. The Morgan fingerprint density at radius 1 is 0.941 bits per heavy atom. The third-order valence-corrected chi connectivity index (χ3v) is 9.08. The van der Waals surface area contributed by atoms with E-state index >= 15 is 0 Å². The Hall–Kier alpha value is -2.26. The van der Waals surface area contributed by atoms with Gasteiger partial charge in [-0.2, -0.15) is 4.31 Å². The molecule has 7 nitrogen and oxygen atoms in total. The molecule has 0 aliphatic carbocycles. The molecular weight excluding hydrogens is 450 g/mol. The summed E-state index contributed by atoms with van der Waals surface area (Å²) in [5.74, 6) is 0.0667. The molecule has 2 aliphatic rings. The summed E-state index contributed by atoms with van der Waals surface area (Å²) in [6.07, 6.45) is 4.04. The van der Waals surface area contributed by atoms with Gasteiger partial charge >= 0.3 is 0 Å². The molecule has 0 saturated carbocycles. The van der Waals surface area contributed by atoms with Crippen molar-refractivity contribution in [2.75, 3.05) is 31.5 Å². The highest BCUT2D eigenvalue weighted by molar-refractivity contribution is 7.89. The minimum absolute atomic E-state index is 0.117. The smallest absolute Gasteiger partial charge is 0.243 e. The lowest BCUT2D eigenvalue weighted by molar-refractivity contribution is -0.121. The molecule has 2 aromatic carbocycles. The van der Waals surface area contributed by atoms with Gasteiger partial charge in [-0.15, -0.1) is 0 Å². The van der Waals surface area contributed by atoms with Crippen molar-refractivity contribution >= 4 is 21.6 Å². The van der Waals surface area contributed by atoms with Crippen LogP contribution in [0.2, 0.25) is 0 Å². The van der Waals surface area contributed by atoms with E-state index in [1.165, 1.54) is 0 Å². The van der Waals surface area contributed by atoms with E-state index in [4.69, 9.17) is 0 Å². The molecule has 2 saturated heterocycles. The normalized spacial score (nSPS) is 20.5. The number of anilines is 1. The second-order valence-electron chi connectivity index (χ2n) is 9.38. The number of nitrogens with one attached hydrogen (secondary N) is 1. The van der Waals surface area contributed by atoms with Crippen LogP contribution in [0, 0.1) is 5.92 Å².